The van der Waals surface area contributed by atoms with E-state index in [0.717, 1.165) is 11.1 Å². The molecule has 3 heterocycles. The van der Waals surface area contributed by atoms with E-state index < -0.39 is 29.4 Å². The van der Waals surface area contributed by atoms with Crippen molar-refractivity contribution in [1.82, 2.24) is 15.5 Å². The van der Waals surface area contributed by atoms with Crippen molar-refractivity contribution >= 4 is 23.5 Å². The van der Waals surface area contributed by atoms with Crippen LogP contribution in [0.2, 0.25) is 0 Å². The van der Waals surface area contributed by atoms with Crippen LogP contribution < -0.4 is 15.5 Å². The lowest BCUT2D eigenvalue weighted by molar-refractivity contribution is -0.134. The molecule has 2 saturated heterocycles. The van der Waals surface area contributed by atoms with Crippen LogP contribution in [0.4, 0.5) is 20.5 Å². The second-order valence-electron chi connectivity index (χ2n) is 8.75. The molecule has 10 heteroatoms. The van der Waals surface area contributed by atoms with Crippen molar-refractivity contribution in [2.45, 2.75) is 44.7 Å². The number of amides is 2. The predicted molar refractivity (Wildman–Crippen MR) is 120 cm³/mol. The van der Waals surface area contributed by atoms with Crippen LogP contribution in [0.25, 0.3) is 11.5 Å². The Morgan fingerprint density at radius 3 is 2.47 bits per heavy atom. The van der Waals surface area contributed by atoms with Gasteiger partial charge in [-0.05, 0) is 44.5 Å². The SMILES string of the molecule is Cc1ccc(-c2nnc(N[C@H]3CN(c4cc(F)c(C5CCC(=O)NC5=O)c(F)c4)[C@@H]3C)o2)cc1. The Balaban J connectivity index is 1.26. The fraction of sp³-hybridized carbons (Fsp3) is 0.333. The third-order valence-corrected chi connectivity index (χ3v) is 6.48. The molecule has 5 rings (SSSR count). The molecule has 1 unspecified atom stereocenters. The Bertz CT molecular complexity index is 1240. The topological polar surface area (TPSA) is 100 Å². The molecule has 2 fully saturated rings. The van der Waals surface area contributed by atoms with E-state index in [-0.39, 0.29) is 36.5 Å². The largest absolute Gasteiger partial charge is 0.403 e. The first kappa shape index (κ1) is 22.0. The number of aromatic nitrogens is 2. The molecule has 0 aliphatic carbocycles. The number of benzene rings is 2. The summed E-state index contributed by atoms with van der Waals surface area (Å²) in [7, 11) is 0. The summed E-state index contributed by atoms with van der Waals surface area (Å²) in [5, 5.41) is 13.4. The summed E-state index contributed by atoms with van der Waals surface area (Å²) in [4.78, 5) is 25.3. The molecule has 8 nitrogen and oxygen atoms in total. The van der Waals surface area contributed by atoms with Gasteiger partial charge in [0, 0.05) is 35.8 Å². The van der Waals surface area contributed by atoms with E-state index in [4.69, 9.17) is 4.42 Å². The van der Waals surface area contributed by atoms with Crippen molar-refractivity contribution in [1.29, 1.82) is 0 Å². The van der Waals surface area contributed by atoms with Crippen LogP contribution in [0.15, 0.2) is 40.8 Å². The monoisotopic (exact) mass is 467 g/mol. The zero-order chi connectivity index (χ0) is 24.0. The molecule has 0 spiro atoms. The van der Waals surface area contributed by atoms with Crippen LogP contribution >= 0.6 is 0 Å². The van der Waals surface area contributed by atoms with Gasteiger partial charge in [0.05, 0.1) is 12.0 Å². The molecule has 1 aromatic heterocycles. The quantitative estimate of drug-likeness (QED) is 0.554. The average Bonchev–Trinajstić information content (AvgIpc) is 3.26. The highest BCUT2D eigenvalue weighted by atomic mass is 19.1. The molecule has 176 valence electrons. The lowest BCUT2D eigenvalue weighted by Gasteiger charge is -2.48. The fourth-order valence-electron chi connectivity index (χ4n) is 4.41. The molecule has 0 bridgehead atoms. The Kier molecular flexibility index (Phi) is 5.51. The summed E-state index contributed by atoms with van der Waals surface area (Å²) in [6, 6.07) is 10.3. The molecule has 2 aromatic carbocycles. The van der Waals surface area contributed by atoms with E-state index in [2.05, 4.69) is 20.8 Å². The standard InChI is InChI=1S/C24H23F2N5O3/c1-12-3-5-14(6-4-12)23-29-30-24(34-23)27-19-11-31(13(19)2)15-9-17(25)21(18(26)10-15)16-7-8-20(32)28-22(16)33/h3-6,9-10,13,16,19H,7-8,11H2,1-2H3,(H,27,30)(H,28,32,33)/t13-,16?,19+/m1/s1. The number of rotatable bonds is 5. The molecule has 0 radical (unpaired) electrons. The van der Waals surface area contributed by atoms with Crippen LogP contribution in [0.1, 0.15) is 36.8 Å². The van der Waals surface area contributed by atoms with Crippen LogP contribution in [0.5, 0.6) is 0 Å². The molecule has 34 heavy (non-hydrogen) atoms. The zero-order valence-electron chi connectivity index (χ0n) is 18.6. The highest BCUT2D eigenvalue weighted by molar-refractivity contribution is 6.01. The first-order valence-electron chi connectivity index (χ1n) is 11.1. The van der Waals surface area contributed by atoms with Gasteiger partial charge in [0.2, 0.25) is 17.7 Å². The summed E-state index contributed by atoms with van der Waals surface area (Å²) in [5.41, 5.74) is 2.02. The number of aryl methyl sites for hydroxylation is 1. The van der Waals surface area contributed by atoms with E-state index in [1.165, 1.54) is 12.1 Å². The molecular formula is C24H23F2N5O3. The summed E-state index contributed by atoms with van der Waals surface area (Å²) in [6.45, 7) is 4.39. The van der Waals surface area contributed by atoms with Crippen molar-refractivity contribution in [3.05, 3.63) is 59.2 Å². The smallest absolute Gasteiger partial charge is 0.316 e. The van der Waals surface area contributed by atoms with E-state index in [1.807, 2.05) is 43.0 Å². The van der Waals surface area contributed by atoms with Crippen LogP contribution in [0.3, 0.4) is 0 Å². The summed E-state index contributed by atoms with van der Waals surface area (Å²) in [6.07, 6.45) is 0.133. The van der Waals surface area contributed by atoms with Gasteiger partial charge in [-0.3, -0.25) is 14.9 Å². The zero-order valence-corrected chi connectivity index (χ0v) is 18.6. The number of halogens is 2. The van der Waals surface area contributed by atoms with E-state index >= 15 is 0 Å². The molecule has 2 aliphatic heterocycles. The number of nitrogens with zero attached hydrogens (tertiary/aromatic N) is 3. The number of carbonyl (C=O) groups is 2. The molecule has 3 atom stereocenters. The minimum Gasteiger partial charge on any atom is -0.403 e. The number of piperidine rings is 1. The molecule has 0 saturated carbocycles. The highest BCUT2D eigenvalue weighted by Gasteiger charge is 2.38. The molecule has 2 amide bonds. The second kappa shape index (κ2) is 8.51. The summed E-state index contributed by atoms with van der Waals surface area (Å²) >= 11 is 0. The third kappa shape index (κ3) is 4.00. The lowest BCUT2D eigenvalue weighted by Crippen LogP contribution is -2.62. The number of carbonyl (C=O) groups excluding carboxylic acids is 2. The minimum absolute atomic E-state index is 0.0504. The maximum Gasteiger partial charge on any atom is 0.316 e. The van der Waals surface area contributed by atoms with Crippen LogP contribution in [-0.4, -0.2) is 40.6 Å². The van der Waals surface area contributed by atoms with Crippen molar-refractivity contribution in [3.63, 3.8) is 0 Å². The number of anilines is 2. The summed E-state index contributed by atoms with van der Waals surface area (Å²) in [5.74, 6) is -3.32. The Morgan fingerprint density at radius 2 is 1.82 bits per heavy atom. The van der Waals surface area contributed by atoms with Crippen LogP contribution in [-0.2, 0) is 9.59 Å². The van der Waals surface area contributed by atoms with Gasteiger partial charge in [-0.25, -0.2) is 8.78 Å². The fourth-order valence-corrected chi connectivity index (χ4v) is 4.41. The van der Waals surface area contributed by atoms with Gasteiger partial charge < -0.3 is 14.6 Å². The van der Waals surface area contributed by atoms with Crippen molar-refractivity contribution in [2.75, 3.05) is 16.8 Å². The van der Waals surface area contributed by atoms with Gasteiger partial charge in [0.15, 0.2) is 0 Å². The van der Waals surface area contributed by atoms with Crippen LogP contribution in [0, 0.1) is 18.6 Å². The Hall–Kier alpha value is -3.82. The van der Waals surface area contributed by atoms with Gasteiger partial charge in [-0.1, -0.05) is 22.8 Å². The average molecular weight is 467 g/mol. The van der Waals surface area contributed by atoms with Gasteiger partial charge in [0.1, 0.15) is 11.6 Å². The van der Waals surface area contributed by atoms with Crippen molar-refractivity contribution < 1.29 is 22.8 Å². The van der Waals surface area contributed by atoms with Gasteiger partial charge in [-0.15, -0.1) is 5.10 Å². The lowest BCUT2D eigenvalue weighted by atomic mass is 9.89. The Labute approximate surface area is 194 Å². The van der Waals surface area contributed by atoms with Gasteiger partial charge >= 0.3 is 6.01 Å². The predicted octanol–water partition coefficient (Wildman–Crippen LogP) is 3.53. The molecule has 2 aliphatic rings. The third-order valence-electron chi connectivity index (χ3n) is 6.48. The van der Waals surface area contributed by atoms with E-state index in [9.17, 15) is 18.4 Å². The Morgan fingerprint density at radius 1 is 1.12 bits per heavy atom. The molecule has 3 aromatic rings. The second-order valence-corrected chi connectivity index (χ2v) is 8.75. The van der Waals surface area contributed by atoms with Gasteiger partial charge in [-0.2, -0.15) is 0 Å². The number of hydrogen-bond acceptors (Lipinski definition) is 7. The van der Waals surface area contributed by atoms with Gasteiger partial charge in [0.25, 0.3) is 0 Å². The molecular weight excluding hydrogens is 444 g/mol. The van der Waals surface area contributed by atoms with Crippen molar-refractivity contribution in [2.24, 2.45) is 0 Å². The highest BCUT2D eigenvalue weighted by Crippen LogP contribution is 2.35. The summed E-state index contributed by atoms with van der Waals surface area (Å²) < 4.78 is 35.4. The maximum absolute atomic E-state index is 14.9. The van der Waals surface area contributed by atoms with E-state index in [1.54, 1.807) is 0 Å². The van der Waals surface area contributed by atoms with E-state index in [0.29, 0.717) is 18.1 Å². The molecule has 2 N–H and O–H groups in total. The van der Waals surface area contributed by atoms with Crippen molar-refractivity contribution in [3.8, 4) is 11.5 Å². The number of imide groups is 1. The normalized spacial score (nSPS) is 22.4. The minimum atomic E-state index is -1.02. The first-order chi connectivity index (χ1) is 16.3. The first-order valence-corrected chi connectivity index (χ1v) is 11.1. The maximum atomic E-state index is 14.9. The number of hydrogen-bond donors (Lipinski definition) is 2. The number of nitrogens with one attached hydrogen (secondary N) is 2.